The van der Waals surface area contributed by atoms with Crippen LogP contribution in [0.3, 0.4) is 0 Å². The Morgan fingerprint density at radius 1 is 0.927 bits per heavy atom. The number of benzene rings is 3. The molecule has 0 aliphatic carbocycles. The molecule has 0 amide bonds. The largest absolute Gasteiger partial charge is 0.508 e. The van der Waals surface area contributed by atoms with Crippen LogP contribution in [0, 0.1) is 12.0 Å². The average Bonchev–Trinajstić information content (AvgIpc) is 3.38. The van der Waals surface area contributed by atoms with Crippen molar-refractivity contribution < 1.29 is 32.3 Å². The summed E-state index contributed by atoms with van der Waals surface area (Å²) in [5.41, 5.74) is 2.59. The second kappa shape index (κ2) is 11.4. The van der Waals surface area contributed by atoms with Crippen molar-refractivity contribution in [3.05, 3.63) is 48.5 Å². The Kier molecular flexibility index (Phi) is 7.72. The highest BCUT2D eigenvalue weighted by molar-refractivity contribution is 7.93. The number of aromatic nitrogens is 1. The minimum absolute atomic E-state index is 0.0546. The molecule has 0 unspecified atom stereocenters. The molecule has 5 rings (SSSR count). The summed E-state index contributed by atoms with van der Waals surface area (Å²) in [4.78, 5) is 4.10. The normalized spacial score (nSPS) is 13.5. The Hall–Kier alpha value is -4.76. The Balaban J connectivity index is 1.50. The molecular formula is C29H30N4O7S. The van der Waals surface area contributed by atoms with Crippen molar-refractivity contribution in [3.8, 4) is 46.1 Å². The fraction of sp³-hybridized carbons (Fsp3) is 0.276. The number of sulfonamides is 1. The molecule has 0 radical (unpaired) electrons. The van der Waals surface area contributed by atoms with Crippen LogP contribution in [0.5, 0.6) is 23.0 Å². The Bertz CT molecular complexity index is 1730. The van der Waals surface area contributed by atoms with Crippen molar-refractivity contribution in [2.75, 3.05) is 57.1 Å². The molecule has 0 saturated carbocycles. The van der Waals surface area contributed by atoms with Crippen LogP contribution in [0.4, 0.5) is 11.5 Å². The lowest BCUT2D eigenvalue weighted by molar-refractivity contribution is 0.368. The fourth-order valence-electron chi connectivity index (χ4n) is 4.87. The third-order valence-electron chi connectivity index (χ3n) is 6.79. The summed E-state index contributed by atoms with van der Waals surface area (Å²) in [5, 5.41) is 14.9. The van der Waals surface area contributed by atoms with E-state index < -0.39 is 10.0 Å². The maximum atomic E-state index is 13.4. The summed E-state index contributed by atoms with van der Waals surface area (Å²) in [6.45, 7) is 4.94. The predicted molar refractivity (Wildman–Crippen MR) is 155 cm³/mol. The zero-order chi connectivity index (χ0) is 29.1. The van der Waals surface area contributed by atoms with Crippen LogP contribution in [0.2, 0.25) is 0 Å². The third kappa shape index (κ3) is 5.49. The highest BCUT2D eigenvalue weighted by Gasteiger charge is 2.28. The molecule has 4 aromatic rings. The lowest BCUT2D eigenvalue weighted by Gasteiger charge is -2.34. The topological polar surface area (TPSA) is 127 Å². The molecule has 1 saturated heterocycles. The van der Waals surface area contributed by atoms with Gasteiger partial charge in [-0.3, -0.25) is 4.72 Å². The Morgan fingerprint density at radius 2 is 1.59 bits per heavy atom. The number of rotatable bonds is 8. The Morgan fingerprint density at radius 3 is 2.22 bits per heavy atom. The van der Waals surface area contributed by atoms with E-state index in [9.17, 15) is 13.5 Å². The van der Waals surface area contributed by atoms with E-state index in [0.717, 1.165) is 37.4 Å². The first-order valence-electron chi connectivity index (χ1n) is 12.8. The van der Waals surface area contributed by atoms with E-state index in [1.165, 1.54) is 33.5 Å². The van der Waals surface area contributed by atoms with Crippen LogP contribution in [-0.2, 0) is 10.0 Å². The minimum atomic E-state index is -4.21. The fourth-order valence-corrected chi connectivity index (χ4v) is 6.20. The standard InChI is InChI=1S/C29H30N4O7S/c1-5-9-32-10-12-33(13-11-32)21-14-19(15-22(34)18-21)20-16-25(39-4)27-26(17-20)40-30-29(27)31-41(35,36)28-23(37-2)7-6-8-24(28)38-3/h6-8,14-18,34H,10-13H2,1-4H3,(H,30,31). The lowest BCUT2D eigenvalue weighted by atomic mass is 10.0. The van der Waals surface area contributed by atoms with Crippen molar-refractivity contribution in [1.82, 2.24) is 10.1 Å². The molecule has 1 aliphatic rings. The number of ether oxygens (including phenoxy) is 3. The van der Waals surface area contributed by atoms with Gasteiger partial charge in [-0.2, -0.15) is 0 Å². The first-order chi connectivity index (χ1) is 19.8. The summed E-state index contributed by atoms with van der Waals surface area (Å²) in [7, 11) is 0.0100. The zero-order valence-electron chi connectivity index (χ0n) is 23.1. The molecule has 1 aliphatic heterocycles. The highest BCUT2D eigenvalue weighted by Crippen LogP contribution is 2.41. The number of fused-ring (bicyclic) bond motifs is 1. The smallest absolute Gasteiger partial charge is 0.270 e. The molecule has 1 fully saturated rings. The Labute approximate surface area is 238 Å². The van der Waals surface area contributed by atoms with Gasteiger partial charge in [-0.05, 0) is 54.4 Å². The summed E-state index contributed by atoms with van der Waals surface area (Å²) < 4.78 is 51.1. The first-order valence-corrected chi connectivity index (χ1v) is 14.2. The molecule has 214 valence electrons. The van der Waals surface area contributed by atoms with E-state index >= 15 is 0 Å². The number of phenols is 1. The second-order valence-corrected chi connectivity index (χ2v) is 10.9. The molecule has 1 aromatic heterocycles. The van der Waals surface area contributed by atoms with E-state index in [1.807, 2.05) is 13.0 Å². The van der Waals surface area contributed by atoms with Crippen molar-refractivity contribution in [2.45, 2.75) is 11.8 Å². The van der Waals surface area contributed by atoms with Gasteiger partial charge in [0, 0.05) is 44.0 Å². The van der Waals surface area contributed by atoms with Gasteiger partial charge in [0.2, 0.25) is 0 Å². The quantitative estimate of drug-likeness (QED) is 0.295. The summed E-state index contributed by atoms with van der Waals surface area (Å²) in [6.07, 6.45) is 0. The highest BCUT2D eigenvalue weighted by atomic mass is 32.2. The number of hydrogen-bond donors (Lipinski definition) is 2. The number of anilines is 2. The second-order valence-electron chi connectivity index (χ2n) is 9.25. The van der Waals surface area contributed by atoms with Gasteiger partial charge in [0.15, 0.2) is 16.3 Å². The molecule has 11 nitrogen and oxygen atoms in total. The van der Waals surface area contributed by atoms with Gasteiger partial charge in [-0.25, -0.2) is 8.42 Å². The van der Waals surface area contributed by atoms with Crippen molar-refractivity contribution in [2.24, 2.45) is 0 Å². The number of nitrogens with zero attached hydrogens (tertiary/aromatic N) is 3. The molecule has 2 heterocycles. The van der Waals surface area contributed by atoms with Crippen LogP contribution in [-0.4, -0.2) is 71.1 Å². The summed E-state index contributed by atoms with van der Waals surface area (Å²) >= 11 is 0. The van der Waals surface area contributed by atoms with E-state index in [1.54, 1.807) is 30.3 Å². The maximum Gasteiger partial charge on any atom is 0.270 e. The monoisotopic (exact) mass is 578 g/mol. The predicted octanol–water partition coefficient (Wildman–Crippen LogP) is 4.13. The van der Waals surface area contributed by atoms with Gasteiger partial charge in [-0.1, -0.05) is 17.1 Å². The average molecular weight is 579 g/mol. The summed E-state index contributed by atoms with van der Waals surface area (Å²) in [5.74, 6) is 3.55. The SMILES string of the molecule is CC#CN1CCN(c2cc(O)cc(-c3cc(OC)c4c(NS(=O)(=O)c5c(OC)cccc5OC)noc4c3)c2)CC1. The van der Waals surface area contributed by atoms with E-state index in [-0.39, 0.29) is 28.0 Å². The molecule has 12 heteroatoms. The molecule has 3 aromatic carbocycles. The maximum absolute atomic E-state index is 13.4. The van der Waals surface area contributed by atoms with Crippen LogP contribution < -0.4 is 23.8 Å². The van der Waals surface area contributed by atoms with Crippen LogP contribution in [0.15, 0.2) is 57.9 Å². The van der Waals surface area contributed by atoms with Crippen LogP contribution in [0.25, 0.3) is 22.1 Å². The zero-order valence-corrected chi connectivity index (χ0v) is 23.9. The molecule has 0 bridgehead atoms. The molecule has 41 heavy (non-hydrogen) atoms. The van der Waals surface area contributed by atoms with Gasteiger partial charge in [0.1, 0.15) is 28.4 Å². The van der Waals surface area contributed by atoms with Gasteiger partial charge >= 0.3 is 0 Å². The van der Waals surface area contributed by atoms with Crippen molar-refractivity contribution >= 4 is 32.5 Å². The molecule has 0 spiro atoms. The molecule has 0 atom stereocenters. The van der Waals surface area contributed by atoms with Gasteiger partial charge in [-0.15, -0.1) is 0 Å². The number of hydrogen-bond acceptors (Lipinski definition) is 10. The van der Waals surface area contributed by atoms with Gasteiger partial charge in [0.05, 0.1) is 21.3 Å². The number of aromatic hydroxyl groups is 1. The molecular weight excluding hydrogens is 548 g/mol. The van der Waals surface area contributed by atoms with E-state index in [2.05, 4.69) is 31.6 Å². The van der Waals surface area contributed by atoms with Crippen LogP contribution >= 0.6 is 0 Å². The minimum Gasteiger partial charge on any atom is -0.508 e. The van der Waals surface area contributed by atoms with E-state index in [4.69, 9.17) is 18.7 Å². The number of nitrogens with one attached hydrogen (secondary N) is 1. The third-order valence-corrected chi connectivity index (χ3v) is 8.19. The number of piperazine rings is 1. The van der Waals surface area contributed by atoms with Gasteiger partial charge in [0.25, 0.3) is 10.0 Å². The van der Waals surface area contributed by atoms with Crippen LogP contribution in [0.1, 0.15) is 6.92 Å². The lowest BCUT2D eigenvalue weighted by Crippen LogP contribution is -2.44. The van der Waals surface area contributed by atoms with Gasteiger partial charge < -0.3 is 33.6 Å². The number of methoxy groups -OCH3 is 3. The van der Waals surface area contributed by atoms with E-state index in [0.29, 0.717) is 22.3 Å². The van der Waals surface area contributed by atoms with Crippen molar-refractivity contribution in [3.63, 3.8) is 0 Å². The summed E-state index contributed by atoms with van der Waals surface area (Å²) in [6, 6.07) is 16.6. The first kappa shape index (κ1) is 27.8. The number of phenolic OH excluding ortho intramolecular Hbond substituents is 1. The van der Waals surface area contributed by atoms with Crippen molar-refractivity contribution in [1.29, 1.82) is 0 Å². The molecule has 2 N–H and O–H groups in total.